The quantitative estimate of drug-likeness (QED) is 0.923. The first-order chi connectivity index (χ1) is 9.56. The van der Waals surface area contributed by atoms with Crippen molar-refractivity contribution in [2.45, 2.75) is 45.6 Å². The molecule has 0 radical (unpaired) electrons. The number of hydrogen-bond donors (Lipinski definition) is 1. The summed E-state index contributed by atoms with van der Waals surface area (Å²) in [4.78, 5) is 11.8. The van der Waals surface area contributed by atoms with Gasteiger partial charge in [0.25, 0.3) is 0 Å². The zero-order chi connectivity index (χ0) is 14.3. The highest BCUT2D eigenvalue weighted by Crippen LogP contribution is 2.39. The molecule has 3 heteroatoms. The molecule has 2 aromatic rings. The SMILES string of the molecule is Cc1oc2ccccc2c1C1CC(=O)NC1CC(C)C. The number of para-hydroxylation sites is 1. The summed E-state index contributed by atoms with van der Waals surface area (Å²) in [5.41, 5.74) is 2.13. The minimum atomic E-state index is 0.158. The highest BCUT2D eigenvalue weighted by atomic mass is 16.3. The van der Waals surface area contributed by atoms with Gasteiger partial charge in [-0.15, -0.1) is 0 Å². The van der Waals surface area contributed by atoms with Crippen molar-refractivity contribution in [2.75, 3.05) is 0 Å². The molecular weight excluding hydrogens is 250 g/mol. The van der Waals surface area contributed by atoms with Crippen LogP contribution < -0.4 is 5.32 Å². The second-order valence-corrected chi connectivity index (χ2v) is 6.18. The summed E-state index contributed by atoms with van der Waals surface area (Å²) in [6.07, 6.45) is 1.58. The summed E-state index contributed by atoms with van der Waals surface area (Å²) in [7, 11) is 0. The Labute approximate surface area is 119 Å². The van der Waals surface area contributed by atoms with E-state index in [9.17, 15) is 4.79 Å². The van der Waals surface area contributed by atoms with Crippen molar-refractivity contribution in [2.24, 2.45) is 5.92 Å². The van der Waals surface area contributed by atoms with E-state index in [1.165, 1.54) is 5.56 Å². The van der Waals surface area contributed by atoms with E-state index < -0.39 is 0 Å². The summed E-state index contributed by atoms with van der Waals surface area (Å²) in [6, 6.07) is 8.33. The number of carbonyl (C=O) groups excluding carboxylic acids is 1. The third-order valence-electron chi connectivity index (χ3n) is 4.15. The van der Waals surface area contributed by atoms with E-state index in [2.05, 4.69) is 25.2 Å². The van der Waals surface area contributed by atoms with Gasteiger partial charge in [-0.1, -0.05) is 32.0 Å². The lowest BCUT2D eigenvalue weighted by Gasteiger charge is -2.20. The van der Waals surface area contributed by atoms with Crippen LogP contribution in [0.5, 0.6) is 0 Å². The summed E-state index contributed by atoms with van der Waals surface area (Å²) >= 11 is 0. The first-order valence-corrected chi connectivity index (χ1v) is 7.33. The minimum absolute atomic E-state index is 0.158. The molecule has 20 heavy (non-hydrogen) atoms. The van der Waals surface area contributed by atoms with Gasteiger partial charge in [0.1, 0.15) is 11.3 Å². The van der Waals surface area contributed by atoms with E-state index in [-0.39, 0.29) is 17.9 Å². The molecule has 1 aliphatic rings. The predicted molar refractivity (Wildman–Crippen MR) is 79.7 cm³/mol. The van der Waals surface area contributed by atoms with Crippen molar-refractivity contribution in [3.63, 3.8) is 0 Å². The molecule has 1 aromatic heterocycles. The molecule has 1 aliphatic heterocycles. The summed E-state index contributed by atoms with van der Waals surface area (Å²) < 4.78 is 5.86. The number of rotatable bonds is 3. The fraction of sp³-hybridized carbons (Fsp3) is 0.471. The van der Waals surface area contributed by atoms with Crippen molar-refractivity contribution in [1.82, 2.24) is 5.32 Å². The maximum absolute atomic E-state index is 11.8. The smallest absolute Gasteiger partial charge is 0.220 e. The van der Waals surface area contributed by atoms with Crippen molar-refractivity contribution >= 4 is 16.9 Å². The van der Waals surface area contributed by atoms with E-state index in [0.717, 1.165) is 23.2 Å². The van der Waals surface area contributed by atoms with Gasteiger partial charge in [-0.2, -0.15) is 0 Å². The van der Waals surface area contributed by atoms with Gasteiger partial charge in [0.05, 0.1) is 0 Å². The second-order valence-electron chi connectivity index (χ2n) is 6.18. The highest BCUT2D eigenvalue weighted by Gasteiger charge is 2.36. The molecule has 3 rings (SSSR count). The van der Waals surface area contributed by atoms with E-state index in [0.29, 0.717) is 12.3 Å². The van der Waals surface area contributed by atoms with Crippen LogP contribution in [0.25, 0.3) is 11.0 Å². The Bertz CT molecular complexity index is 641. The Balaban J connectivity index is 2.04. The summed E-state index contributed by atoms with van der Waals surface area (Å²) in [5, 5.41) is 4.29. The summed E-state index contributed by atoms with van der Waals surface area (Å²) in [5.74, 6) is 1.90. The molecule has 0 saturated carbocycles. The largest absolute Gasteiger partial charge is 0.461 e. The van der Waals surface area contributed by atoms with Crippen molar-refractivity contribution in [3.05, 3.63) is 35.6 Å². The molecule has 0 bridgehead atoms. The molecule has 2 heterocycles. The third-order valence-corrected chi connectivity index (χ3v) is 4.15. The van der Waals surface area contributed by atoms with Gasteiger partial charge in [0.15, 0.2) is 0 Å². The van der Waals surface area contributed by atoms with E-state index in [1.807, 2.05) is 25.1 Å². The maximum atomic E-state index is 11.8. The molecule has 1 N–H and O–H groups in total. The van der Waals surface area contributed by atoms with Crippen molar-refractivity contribution in [1.29, 1.82) is 0 Å². The van der Waals surface area contributed by atoms with Crippen LogP contribution in [0.2, 0.25) is 0 Å². The average Bonchev–Trinajstić information content (AvgIpc) is 2.87. The number of carbonyl (C=O) groups is 1. The molecule has 2 atom stereocenters. The fourth-order valence-electron chi connectivity index (χ4n) is 3.39. The zero-order valence-corrected chi connectivity index (χ0v) is 12.3. The minimum Gasteiger partial charge on any atom is -0.461 e. The lowest BCUT2D eigenvalue weighted by atomic mass is 9.86. The first kappa shape index (κ1) is 13.2. The predicted octanol–water partition coefficient (Wildman–Crippen LogP) is 3.76. The van der Waals surface area contributed by atoms with Gasteiger partial charge in [0.2, 0.25) is 5.91 Å². The number of amides is 1. The fourth-order valence-corrected chi connectivity index (χ4v) is 3.39. The number of fused-ring (bicyclic) bond motifs is 1. The number of nitrogens with one attached hydrogen (secondary N) is 1. The molecule has 1 aromatic carbocycles. The van der Waals surface area contributed by atoms with Gasteiger partial charge < -0.3 is 9.73 Å². The zero-order valence-electron chi connectivity index (χ0n) is 12.3. The highest BCUT2D eigenvalue weighted by molar-refractivity contribution is 5.86. The van der Waals surface area contributed by atoms with Gasteiger partial charge in [-0.05, 0) is 25.3 Å². The number of hydrogen-bond acceptors (Lipinski definition) is 2. The van der Waals surface area contributed by atoms with Crippen LogP contribution in [0, 0.1) is 12.8 Å². The molecule has 3 nitrogen and oxygen atoms in total. The number of benzene rings is 1. The van der Waals surface area contributed by atoms with E-state index in [1.54, 1.807) is 0 Å². The number of aryl methyl sites for hydroxylation is 1. The Hall–Kier alpha value is -1.77. The lowest BCUT2D eigenvalue weighted by Crippen LogP contribution is -2.29. The Morgan fingerprint density at radius 3 is 2.85 bits per heavy atom. The van der Waals surface area contributed by atoms with Crippen molar-refractivity contribution in [3.8, 4) is 0 Å². The van der Waals surface area contributed by atoms with Gasteiger partial charge in [-0.25, -0.2) is 0 Å². The molecule has 1 fully saturated rings. The standard InChI is InChI=1S/C17H21NO2/c1-10(2)8-14-13(9-16(19)18-14)17-11(3)20-15-7-5-4-6-12(15)17/h4-7,10,13-14H,8-9H2,1-3H3,(H,18,19). The second kappa shape index (κ2) is 4.97. The van der Waals surface area contributed by atoms with Crippen LogP contribution in [0.4, 0.5) is 0 Å². The van der Waals surface area contributed by atoms with Gasteiger partial charge in [0, 0.05) is 29.3 Å². The van der Waals surface area contributed by atoms with Crippen LogP contribution in [0.15, 0.2) is 28.7 Å². The van der Waals surface area contributed by atoms with Crippen LogP contribution in [-0.4, -0.2) is 11.9 Å². The summed E-state index contributed by atoms with van der Waals surface area (Å²) in [6.45, 7) is 6.40. The third kappa shape index (κ3) is 2.21. The number of furan rings is 1. The van der Waals surface area contributed by atoms with Crippen LogP contribution in [-0.2, 0) is 4.79 Å². The molecule has 106 valence electrons. The lowest BCUT2D eigenvalue weighted by molar-refractivity contribution is -0.119. The molecule has 1 amide bonds. The topological polar surface area (TPSA) is 42.2 Å². The Kier molecular flexibility index (Phi) is 3.28. The van der Waals surface area contributed by atoms with Crippen LogP contribution in [0.1, 0.15) is 43.9 Å². The maximum Gasteiger partial charge on any atom is 0.220 e. The van der Waals surface area contributed by atoms with Gasteiger partial charge >= 0.3 is 0 Å². The van der Waals surface area contributed by atoms with Crippen LogP contribution >= 0.6 is 0 Å². The van der Waals surface area contributed by atoms with E-state index in [4.69, 9.17) is 4.42 Å². The monoisotopic (exact) mass is 271 g/mol. The molecule has 2 unspecified atom stereocenters. The molecule has 0 spiro atoms. The molecule has 0 aliphatic carbocycles. The average molecular weight is 271 g/mol. The molecular formula is C17H21NO2. The van der Waals surface area contributed by atoms with E-state index >= 15 is 0 Å². The normalized spacial score (nSPS) is 22.7. The van der Waals surface area contributed by atoms with Gasteiger partial charge in [-0.3, -0.25) is 4.79 Å². The first-order valence-electron chi connectivity index (χ1n) is 7.33. The Morgan fingerprint density at radius 2 is 2.10 bits per heavy atom. The van der Waals surface area contributed by atoms with Crippen molar-refractivity contribution < 1.29 is 9.21 Å². The van der Waals surface area contributed by atoms with Crippen LogP contribution in [0.3, 0.4) is 0 Å². The Morgan fingerprint density at radius 1 is 1.35 bits per heavy atom. The molecule has 1 saturated heterocycles.